The average molecular weight is 339 g/mol. The number of aromatic amines is 1. The molecule has 3 heterocycles. The number of rotatable bonds is 2. The summed E-state index contributed by atoms with van der Waals surface area (Å²) in [5.41, 5.74) is 4.05. The number of hydrogen-bond acceptors (Lipinski definition) is 5. The van der Waals surface area contributed by atoms with Crippen molar-refractivity contribution >= 4 is 28.4 Å². The lowest BCUT2D eigenvalue weighted by atomic mass is 10.1. The van der Waals surface area contributed by atoms with Crippen LogP contribution in [0, 0.1) is 0 Å². The van der Waals surface area contributed by atoms with Crippen molar-refractivity contribution in [2.24, 2.45) is 10.2 Å². The van der Waals surface area contributed by atoms with Gasteiger partial charge < -0.3 is 10.1 Å². The van der Waals surface area contributed by atoms with Crippen LogP contribution in [0.2, 0.25) is 0 Å². The molecule has 6 heteroatoms. The molecule has 0 atom stereocenters. The van der Waals surface area contributed by atoms with Gasteiger partial charge in [-0.15, -0.1) is 10.2 Å². The first-order chi connectivity index (χ1) is 12.8. The maximum absolute atomic E-state index is 10.2. The second-order valence-electron chi connectivity index (χ2n) is 6.03. The Morgan fingerprint density at radius 1 is 0.962 bits per heavy atom. The molecule has 0 amide bonds. The third kappa shape index (κ3) is 2.28. The van der Waals surface area contributed by atoms with E-state index in [4.69, 9.17) is 0 Å². The van der Waals surface area contributed by atoms with E-state index in [1.165, 1.54) is 6.33 Å². The highest BCUT2D eigenvalue weighted by molar-refractivity contribution is 5.91. The van der Waals surface area contributed by atoms with Crippen LogP contribution >= 0.6 is 0 Å². The van der Waals surface area contributed by atoms with Crippen LogP contribution in [0.4, 0.5) is 5.69 Å². The van der Waals surface area contributed by atoms with E-state index in [1.807, 2.05) is 48.5 Å². The zero-order valence-corrected chi connectivity index (χ0v) is 13.6. The predicted octanol–water partition coefficient (Wildman–Crippen LogP) is 2.75. The first-order valence-electron chi connectivity index (χ1n) is 8.12. The third-order valence-electron chi connectivity index (χ3n) is 4.41. The van der Waals surface area contributed by atoms with Crippen molar-refractivity contribution in [3.05, 3.63) is 82.7 Å². The molecule has 0 saturated carbocycles. The zero-order chi connectivity index (χ0) is 17.5. The highest BCUT2D eigenvalue weighted by atomic mass is 16.3. The van der Waals surface area contributed by atoms with Crippen molar-refractivity contribution < 1.29 is 5.11 Å². The van der Waals surface area contributed by atoms with Crippen LogP contribution in [-0.4, -0.2) is 20.1 Å². The standard InChI is InChI=1S/C20H13N5O/c26-20-16(14-3-1-2-4-17(14)23-20)7-12-5-6-15-18(8-12)24-25-19(15)13-9-21-11-22-10-13/h1-11,23,26H/b12-7+. The summed E-state index contributed by atoms with van der Waals surface area (Å²) in [6.07, 6.45) is 6.87. The van der Waals surface area contributed by atoms with E-state index in [1.54, 1.807) is 12.4 Å². The number of azo groups is 1. The Hall–Kier alpha value is -3.80. The summed E-state index contributed by atoms with van der Waals surface area (Å²) in [6, 6.07) is 13.7. The molecule has 26 heavy (non-hydrogen) atoms. The number of aromatic nitrogens is 3. The van der Waals surface area contributed by atoms with E-state index in [2.05, 4.69) is 25.2 Å². The molecule has 4 aromatic rings. The first-order valence-corrected chi connectivity index (χ1v) is 8.12. The molecular formula is C20H13N5O. The van der Waals surface area contributed by atoms with Crippen LogP contribution < -0.4 is 10.4 Å². The monoisotopic (exact) mass is 339 g/mol. The molecule has 2 aromatic carbocycles. The Labute approximate surface area is 147 Å². The van der Waals surface area contributed by atoms with Crippen molar-refractivity contribution in [1.82, 2.24) is 15.0 Å². The van der Waals surface area contributed by atoms with Crippen molar-refractivity contribution in [1.29, 1.82) is 0 Å². The molecule has 0 saturated heterocycles. The maximum atomic E-state index is 10.2. The fraction of sp³-hybridized carbons (Fsp3) is 0. The fourth-order valence-electron chi connectivity index (χ4n) is 3.18. The zero-order valence-electron chi connectivity index (χ0n) is 13.6. The summed E-state index contributed by atoms with van der Waals surface area (Å²) in [5, 5.41) is 21.6. The normalized spacial score (nSPS) is 13.5. The quantitative estimate of drug-likeness (QED) is 0.589. The summed E-state index contributed by atoms with van der Waals surface area (Å²) in [5.74, 6) is 0.155. The smallest absolute Gasteiger partial charge is 0.196 e. The van der Waals surface area contributed by atoms with Crippen molar-refractivity contribution in [3.8, 4) is 5.88 Å². The largest absolute Gasteiger partial charge is 0.494 e. The number of para-hydroxylation sites is 1. The Kier molecular flexibility index (Phi) is 3.15. The van der Waals surface area contributed by atoms with Gasteiger partial charge in [-0.1, -0.05) is 24.3 Å². The molecule has 0 spiro atoms. The molecule has 2 N–H and O–H groups in total. The van der Waals surface area contributed by atoms with Crippen molar-refractivity contribution in [2.75, 3.05) is 0 Å². The van der Waals surface area contributed by atoms with Gasteiger partial charge in [0.25, 0.3) is 0 Å². The number of hydrogen-bond donors (Lipinski definition) is 2. The second-order valence-corrected chi connectivity index (χ2v) is 6.03. The van der Waals surface area contributed by atoms with E-state index >= 15 is 0 Å². The molecule has 2 aromatic heterocycles. The number of nitrogens with one attached hydrogen (secondary N) is 1. The Bertz CT molecular complexity index is 1290. The number of nitrogens with zero attached hydrogens (tertiary/aromatic N) is 4. The second kappa shape index (κ2) is 5.63. The molecule has 0 fully saturated rings. The van der Waals surface area contributed by atoms with E-state index in [-0.39, 0.29) is 5.88 Å². The third-order valence-corrected chi connectivity index (χ3v) is 4.41. The molecular weight excluding hydrogens is 326 g/mol. The molecule has 5 rings (SSSR count). The minimum atomic E-state index is 0.155. The van der Waals surface area contributed by atoms with Crippen LogP contribution in [0.25, 0.3) is 22.7 Å². The molecule has 0 aliphatic carbocycles. The topological polar surface area (TPSA) is 86.5 Å². The molecule has 0 radical (unpaired) electrons. The molecule has 6 nitrogen and oxygen atoms in total. The number of aromatic hydroxyl groups is 1. The van der Waals surface area contributed by atoms with E-state index in [0.29, 0.717) is 0 Å². The van der Waals surface area contributed by atoms with Gasteiger partial charge in [0.2, 0.25) is 0 Å². The maximum Gasteiger partial charge on any atom is 0.196 e. The molecule has 1 aliphatic heterocycles. The molecule has 1 aliphatic rings. The lowest BCUT2D eigenvalue weighted by Crippen LogP contribution is -2.09. The minimum absolute atomic E-state index is 0.155. The first kappa shape index (κ1) is 14.5. The SMILES string of the molecule is Oc1[nH]c2ccccc2c1/C=c1\ccc2c(c1)N=NC=2c1cncnc1. The van der Waals surface area contributed by atoms with Crippen LogP contribution in [0.3, 0.4) is 0 Å². The summed E-state index contributed by atoms with van der Waals surface area (Å²) in [4.78, 5) is 11.1. The van der Waals surface area contributed by atoms with Gasteiger partial charge in [-0.05, 0) is 29.5 Å². The highest BCUT2D eigenvalue weighted by Gasteiger charge is 2.12. The summed E-state index contributed by atoms with van der Waals surface area (Å²) >= 11 is 0. The van der Waals surface area contributed by atoms with Crippen LogP contribution in [0.1, 0.15) is 11.1 Å². The summed E-state index contributed by atoms with van der Waals surface area (Å²) in [7, 11) is 0. The number of fused-ring (bicyclic) bond motifs is 2. The van der Waals surface area contributed by atoms with Crippen molar-refractivity contribution in [2.45, 2.75) is 0 Å². The molecule has 0 bridgehead atoms. The van der Waals surface area contributed by atoms with Gasteiger partial charge >= 0.3 is 0 Å². The molecule has 0 unspecified atom stereocenters. The van der Waals surface area contributed by atoms with E-state index in [0.717, 1.165) is 43.9 Å². The van der Waals surface area contributed by atoms with Crippen molar-refractivity contribution in [3.63, 3.8) is 0 Å². The van der Waals surface area contributed by atoms with Gasteiger partial charge in [-0.25, -0.2) is 9.97 Å². The van der Waals surface area contributed by atoms with Gasteiger partial charge in [-0.3, -0.25) is 0 Å². The lowest BCUT2D eigenvalue weighted by Gasteiger charge is -1.96. The van der Waals surface area contributed by atoms with Gasteiger partial charge in [0, 0.05) is 39.6 Å². The molecule has 124 valence electrons. The van der Waals surface area contributed by atoms with E-state index in [9.17, 15) is 5.11 Å². The Morgan fingerprint density at radius 3 is 2.69 bits per heavy atom. The lowest BCUT2D eigenvalue weighted by molar-refractivity contribution is 0.457. The summed E-state index contributed by atoms with van der Waals surface area (Å²) in [6.45, 7) is 0. The minimum Gasteiger partial charge on any atom is -0.494 e. The average Bonchev–Trinajstić information content (AvgIpc) is 3.23. The number of H-pyrrole nitrogens is 1. The summed E-state index contributed by atoms with van der Waals surface area (Å²) < 4.78 is 0. The van der Waals surface area contributed by atoms with Crippen LogP contribution in [-0.2, 0) is 0 Å². The van der Waals surface area contributed by atoms with Gasteiger partial charge in [0.15, 0.2) is 5.88 Å². The highest BCUT2D eigenvalue weighted by Crippen LogP contribution is 2.27. The number of benzene rings is 2. The van der Waals surface area contributed by atoms with Gasteiger partial charge in [0.05, 0.1) is 5.69 Å². The predicted molar refractivity (Wildman–Crippen MR) is 98.3 cm³/mol. The van der Waals surface area contributed by atoms with Crippen LogP contribution in [0.15, 0.2) is 71.4 Å². The fourth-order valence-corrected chi connectivity index (χ4v) is 3.18. The van der Waals surface area contributed by atoms with E-state index < -0.39 is 0 Å². The Balaban J connectivity index is 1.68. The van der Waals surface area contributed by atoms with Crippen LogP contribution in [0.5, 0.6) is 5.88 Å². The Morgan fingerprint density at radius 2 is 1.81 bits per heavy atom. The van der Waals surface area contributed by atoms with Gasteiger partial charge in [0.1, 0.15) is 12.0 Å². The van der Waals surface area contributed by atoms with Gasteiger partial charge in [-0.2, -0.15) is 0 Å².